The van der Waals surface area contributed by atoms with Crippen LogP contribution < -0.4 is 11.1 Å². The van der Waals surface area contributed by atoms with Crippen LogP contribution in [0.4, 0.5) is 20.4 Å². The van der Waals surface area contributed by atoms with Gasteiger partial charge in [0.05, 0.1) is 11.3 Å². The number of halogens is 2. The van der Waals surface area contributed by atoms with Crippen molar-refractivity contribution in [3.63, 3.8) is 0 Å². The summed E-state index contributed by atoms with van der Waals surface area (Å²) in [6.45, 7) is 1.59. The lowest BCUT2D eigenvalue weighted by molar-refractivity contribution is -0.119. The molecule has 4 heterocycles. The Morgan fingerprint density at radius 3 is 2.76 bits per heavy atom. The number of fused-ring (bicyclic) bond motifs is 2. The van der Waals surface area contributed by atoms with E-state index < -0.39 is 22.9 Å². The molecule has 0 saturated carbocycles. The summed E-state index contributed by atoms with van der Waals surface area (Å²) in [5.41, 5.74) is 7.81. The molecule has 0 aliphatic carbocycles. The molecule has 5 aromatic rings. The van der Waals surface area contributed by atoms with E-state index in [2.05, 4.69) is 20.3 Å². The average molecular weight is 499 g/mol. The summed E-state index contributed by atoms with van der Waals surface area (Å²) in [7, 11) is 0. The molecule has 1 amide bonds. The molecule has 3 aromatic heterocycles. The van der Waals surface area contributed by atoms with Gasteiger partial charge in [-0.15, -0.1) is 0 Å². The van der Waals surface area contributed by atoms with E-state index in [-0.39, 0.29) is 28.8 Å². The van der Waals surface area contributed by atoms with Crippen molar-refractivity contribution in [2.75, 3.05) is 11.1 Å². The number of aromatic nitrogens is 5. The van der Waals surface area contributed by atoms with Gasteiger partial charge in [0.15, 0.2) is 23.0 Å². The lowest BCUT2D eigenvalue weighted by Crippen LogP contribution is -2.33. The lowest BCUT2D eigenvalue weighted by atomic mass is 9.77. The number of nitrogens with zero attached hydrogens (tertiary/aromatic N) is 5. The number of benzene rings is 2. The fourth-order valence-electron chi connectivity index (χ4n) is 4.68. The topological polar surface area (TPSA) is 131 Å². The van der Waals surface area contributed by atoms with Crippen LogP contribution in [0.1, 0.15) is 29.3 Å². The molecule has 1 aliphatic rings. The smallest absolute Gasteiger partial charge is 0.240 e. The normalized spacial score (nSPS) is 16.7. The van der Waals surface area contributed by atoms with Crippen LogP contribution in [0.15, 0.2) is 61.1 Å². The van der Waals surface area contributed by atoms with Crippen molar-refractivity contribution in [1.82, 2.24) is 24.3 Å². The maximum Gasteiger partial charge on any atom is 0.240 e. The Balaban J connectivity index is 1.46. The Bertz CT molecular complexity index is 1740. The summed E-state index contributed by atoms with van der Waals surface area (Å²) in [5.74, 6) is -1.84. The predicted octanol–water partition coefficient (Wildman–Crippen LogP) is 3.60. The number of phenolic OH excluding ortho intramolecular Hbond substituents is 1. The minimum Gasteiger partial charge on any atom is -0.505 e. The van der Waals surface area contributed by atoms with Crippen molar-refractivity contribution in [2.24, 2.45) is 0 Å². The second kappa shape index (κ2) is 8.05. The zero-order valence-electron chi connectivity index (χ0n) is 19.4. The highest BCUT2D eigenvalue weighted by molar-refractivity contribution is 6.09. The van der Waals surface area contributed by atoms with Crippen molar-refractivity contribution in [2.45, 2.75) is 18.8 Å². The number of amides is 1. The van der Waals surface area contributed by atoms with E-state index in [9.17, 15) is 18.7 Å². The molecule has 0 saturated heterocycles. The SMILES string of the molecule is C[C@@]1(c2ccc(O)c(F)c2)C(=O)Nc2nc(-c3cn4ccnc4c(Cc4cccc(F)c4)n3)nc(N)c21. The number of nitrogen functional groups attached to an aromatic ring is 1. The molecular weight excluding hydrogens is 480 g/mol. The number of nitrogens with one attached hydrogen (secondary N) is 1. The molecule has 0 bridgehead atoms. The lowest BCUT2D eigenvalue weighted by Gasteiger charge is -2.23. The Morgan fingerprint density at radius 2 is 1.97 bits per heavy atom. The van der Waals surface area contributed by atoms with E-state index in [1.807, 2.05) is 0 Å². The number of carbonyl (C=O) groups is 1. The molecule has 184 valence electrons. The third kappa shape index (κ3) is 3.54. The average Bonchev–Trinajstić information content (AvgIpc) is 3.44. The summed E-state index contributed by atoms with van der Waals surface area (Å²) >= 11 is 0. The van der Waals surface area contributed by atoms with Crippen molar-refractivity contribution in [3.05, 3.63) is 95.1 Å². The zero-order chi connectivity index (χ0) is 25.9. The van der Waals surface area contributed by atoms with Crippen LogP contribution in [0.2, 0.25) is 0 Å². The van der Waals surface area contributed by atoms with Crippen LogP contribution in [-0.4, -0.2) is 35.4 Å². The molecule has 0 fully saturated rings. The van der Waals surface area contributed by atoms with Gasteiger partial charge in [-0.3, -0.25) is 4.79 Å². The first-order chi connectivity index (χ1) is 17.7. The highest BCUT2D eigenvalue weighted by Crippen LogP contribution is 2.45. The van der Waals surface area contributed by atoms with E-state index in [4.69, 9.17) is 10.7 Å². The summed E-state index contributed by atoms with van der Waals surface area (Å²) < 4.78 is 29.6. The Kier molecular flexibility index (Phi) is 4.90. The van der Waals surface area contributed by atoms with Gasteiger partial charge in [0.1, 0.15) is 28.6 Å². The van der Waals surface area contributed by atoms with Gasteiger partial charge in [-0.25, -0.2) is 28.7 Å². The molecule has 2 aromatic carbocycles. The molecule has 1 aliphatic heterocycles. The molecule has 11 heteroatoms. The molecule has 0 spiro atoms. The highest BCUT2D eigenvalue weighted by Gasteiger charge is 2.48. The maximum absolute atomic E-state index is 14.1. The van der Waals surface area contributed by atoms with E-state index in [1.165, 1.54) is 24.3 Å². The van der Waals surface area contributed by atoms with Gasteiger partial charge >= 0.3 is 0 Å². The fourth-order valence-corrected chi connectivity index (χ4v) is 4.68. The molecule has 4 N–H and O–H groups in total. The van der Waals surface area contributed by atoms with Gasteiger partial charge in [-0.05, 0) is 42.3 Å². The highest BCUT2D eigenvalue weighted by atomic mass is 19.1. The minimum atomic E-state index is -1.38. The van der Waals surface area contributed by atoms with Crippen LogP contribution in [0.5, 0.6) is 5.75 Å². The number of imidazole rings is 1. The summed E-state index contributed by atoms with van der Waals surface area (Å²) in [4.78, 5) is 31.1. The van der Waals surface area contributed by atoms with E-state index >= 15 is 0 Å². The Hall–Kier alpha value is -4.93. The van der Waals surface area contributed by atoms with Crippen LogP contribution in [-0.2, 0) is 16.6 Å². The van der Waals surface area contributed by atoms with E-state index in [1.54, 1.807) is 42.0 Å². The van der Waals surface area contributed by atoms with Gasteiger partial charge in [0, 0.05) is 25.0 Å². The first kappa shape index (κ1) is 22.5. The summed E-state index contributed by atoms with van der Waals surface area (Å²) in [6, 6.07) is 9.94. The maximum atomic E-state index is 14.1. The summed E-state index contributed by atoms with van der Waals surface area (Å²) in [6.07, 6.45) is 5.36. The van der Waals surface area contributed by atoms with E-state index in [0.29, 0.717) is 34.6 Å². The Morgan fingerprint density at radius 1 is 1.14 bits per heavy atom. The first-order valence-electron chi connectivity index (χ1n) is 11.3. The number of nitrogens with two attached hydrogens (primary N) is 1. The van der Waals surface area contributed by atoms with Gasteiger partial charge in [-0.1, -0.05) is 18.2 Å². The number of phenols is 1. The number of aromatic hydroxyl groups is 1. The van der Waals surface area contributed by atoms with E-state index in [0.717, 1.165) is 6.07 Å². The van der Waals surface area contributed by atoms with Crippen LogP contribution in [0.25, 0.3) is 17.2 Å². The van der Waals surface area contributed by atoms with Crippen LogP contribution in [0.3, 0.4) is 0 Å². The van der Waals surface area contributed by atoms with Crippen molar-refractivity contribution >= 4 is 23.2 Å². The Labute approximate surface area is 208 Å². The monoisotopic (exact) mass is 499 g/mol. The third-order valence-electron chi connectivity index (χ3n) is 6.58. The molecule has 0 radical (unpaired) electrons. The second-order valence-corrected chi connectivity index (χ2v) is 8.94. The third-order valence-corrected chi connectivity index (χ3v) is 6.58. The molecular formula is C26H19F2N7O2. The first-order valence-corrected chi connectivity index (χ1v) is 11.3. The van der Waals surface area contributed by atoms with Crippen molar-refractivity contribution in [3.8, 4) is 17.3 Å². The second-order valence-electron chi connectivity index (χ2n) is 8.94. The number of rotatable bonds is 4. The number of anilines is 2. The van der Waals surface area contributed by atoms with Gasteiger partial charge < -0.3 is 20.6 Å². The number of hydrogen-bond donors (Lipinski definition) is 3. The van der Waals surface area contributed by atoms with Gasteiger partial charge in [-0.2, -0.15) is 0 Å². The summed E-state index contributed by atoms with van der Waals surface area (Å²) in [5, 5.41) is 12.3. The standard InChI is InChI=1S/C26H19F2N7O2/c1-26(14-5-6-19(36)16(28)11-14)20-21(29)32-22(33-23(20)34-25(26)37)18-12-35-8-7-30-24(35)17(31-18)10-13-3-2-4-15(27)9-13/h2-9,11-12,36H,10H2,1H3,(H3,29,32,33,34,37)/t26-/m0/s1. The van der Waals surface area contributed by atoms with Crippen molar-refractivity contribution < 1.29 is 18.7 Å². The van der Waals surface area contributed by atoms with Gasteiger partial charge in [0.2, 0.25) is 5.91 Å². The van der Waals surface area contributed by atoms with Crippen LogP contribution >= 0.6 is 0 Å². The van der Waals surface area contributed by atoms with Crippen LogP contribution in [0, 0.1) is 11.6 Å². The predicted molar refractivity (Wildman–Crippen MR) is 131 cm³/mol. The largest absolute Gasteiger partial charge is 0.505 e. The molecule has 37 heavy (non-hydrogen) atoms. The number of hydrogen-bond acceptors (Lipinski definition) is 7. The number of carbonyl (C=O) groups excluding carboxylic acids is 1. The van der Waals surface area contributed by atoms with Gasteiger partial charge in [0.25, 0.3) is 0 Å². The molecule has 9 nitrogen and oxygen atoms in total. The molecule has 1 atom stereocenters. The van der Waals surface area contributed by atoms with Crippen molar-refractivity contribution in [1.29, 1.82) is 0 Å². The quantitative estimate of drug-likeness (QED) is 0.344. The zero-order valence-corrected chi connectivity index (χ0v) is 19.4. The molecule has 6 rings (SSSR count). The minimum absolute atomic E-state index is 0.0218. The molecule has 0 unspecified atom stereocenters. The fraction of sp³-hybridized carbons (Fsp3) is 0.115.